The molecule has 0 fully saturated rings. The summed E-state index contributed by atoms with van der Waals surface area (Å²) in [6.45, 7) is 2.01. The number of furan rings is 1. The lowest BCUT2D eigenvalue weighted by Crippen LogP contribution is -1.95. The van der Waals surface area contributed by atoms with E-state index in [1.54, 1.807) is 18.4 Å². The van der Waals surface area contributed by atoms with Gasteiger partial charge in [-0.15, -0.1) is 11.6 Å². The quantitative estimate of drug-likeness (QED) is 0.744. The Morgan fingerprint density at radius 3 is 3.00 bits per heavy atom. The van der Waals surface area contributed by atoms with Crippen molar-refractivity contribution >= 4 is 22.7 Å². The molecule has 2 heterocycles. The summed E-state index contributed by atoms with van der Waals surface area (Å²) in [6.07, 6.45) is 2.42. The van der Waals surface area contributed by atoms with Crippen molar-refractivity contribution in [3.8, 4) is 0 Å². The Balaban J connectivity index is 2.05. The zero-order valence-corrected chi connectivity index (χ0v) is 11.0. The van der Waals surface area contributed by atoms with Gasteiger partial charge < -0.3 is 8.83 Å². The molecule has 0 amide bonds. The molecule has 0 aliphatic heterocycles. The van der Waals surface area contributed by atoms with E-state index in [4.69, 9.17) is 20.4 Å². The third-order valence-electron chi connectivity index (χ3n) is 3.11. The first-order chi connectivity index (χ1) is 9.19. The Labute approximate surface area is 114 Å². The van der Waals surface area contributed by atoms with Gasteiger partial charge >= 0.3 is 5.76 Å². The molecular weight excluding hydrogens is 266 g/mol. The zero-order chi connectivity index (χ0) is 13.4. The molecular formula is C14H12ClNO3. The molecule has 0 aliphatic carbocycles. The van der Waals surface area contributed by atoms with Crippen molar-refractivity contribution in [1.29, 1.82) is 0 Å². The number of hydrogen-bond donors (Lipinski definition) is 1. The third kappa shape index (κ3) is 2.08. The number of benzene rings is 1. The zero-order valence-electron chi connectivity index (χ0n) is 10.3. The van der Waals surface area contributed by atoms with Gasteiger partial charge in [-0.2, -0.15) is 0 Å². The number of H-pyrrole nitrogens is 1. The lowest BCUT2D eigenvalue weighted by atomic mass is 10.0. The second-order valence-electron chi connectivity index (χ2n) is 4.29. The number of aryl methyl sites for hydroxylation is 1. The summed E-state index contributed by atoms with van der Waals surface area (Å²) in [5.41, 5.74) is 2.99. The number of alkyl halides is 1. The predicted molar refractivity (Wildman–Crippen MR) is 72.6 cm³/mol. The molecule has 0 aliphatic rings. The predicted octanol–water partition coefficient (Wildman–Crippen LogP) is 3.60. The lowest BCUT2D eigenvalue weighted by molar-refractivity contribution is 0.511. The average molecular weight is 278 g/mol. The van der Waals surface area contributed by atoms with E-state index in [9.17, 15) is 4.79 Å². The summed E-state index contributed by atoms with van der Waals surface area (Å²) in [5.74, 6) is 0.409. The summed E-state index contributed by atoms with van der Waals surface area (Å²) in [5, 5.41) is -0.321. The van der Waals surface area contributed by atoms with Crippen molar-refractivity contribution in [1.82, 2.24) is 4.98 Å². The van der Waals surface area contributed by atoms with E-state index in [1.165, 1.54) is 0 Å². The fourth-order valence-electron chi connectivity index (χ4n) is 2.16. The van der Waals surface area contributed by atoms with Crippen molar-refractivity contribution < 1.29 is 8.83 Å². The summed E-state index contributed by atoms with van der Waals surface area (Å²) in [7, 11) is 0. The first kappa shape index (κ1) is 12.1. The van der Waals surface area contributed by atoms with Gasteiger partial charge in [0.15, 0.2) is 5.58 Å². The third-order valence-corrected chi connectivity index (χ3v) is 3.60. The Kier molecular flexibility index (Phi) is 2.95. The van der Waals surface area contributed by atoms with Crippen LogP contribution in [-0.4, -0.2) is 4.98 Å². The number of nitrogens with one attached hydrogen (secondary N) is 1. The summed E-state index contributed by atoms with van der Waals surface area (Å²) < 4.78 is 10.4. The highest BCUT2D eigenvalue weighted by Gasteiger charge is 2.17. The Hall–Kier alpha value is -1.94. The molecule has 4 nitrogen and oxygen atoms in total. The smallest absolute Gasteiger partial charge is 0.417 e. The number of oxazole rings is 1. The molecule has 98 valence electrons. The molecule has 0 saturated carbocycles. The summed E-state index contributed by atoms with van der Waals surface area (Å²) in [4.78, 5) is 13.7. The van der Waals surface area contributed by atoms with Crippen molar-refractivity contribution in [2.45, 2.75) is 18.7 Å². The average Bonchev–Trinajstić information content (AvgIpc) is 3.01. The standard InChI is InChI=1S/C14H12ClNO3/c1-2-11-9(5-6-18-11)13(15)8-3-4-10-12(7-8)19-14(17)16-10/h3-7,13H,2H2,1H3,(H,16,17). The van der Waals surface area contributed by atoms with Crippen molar-refractivity contribution in [2.75, 3.05) is 0 Å². The van der Waals surface area contributed by atoms with E-state index in [0.717, 1.165) is 23.3 Å². The van der Waals surface area contributed by atoms with E-state index in [2.05, 4.69) is 4.98 Å². The summed E-state index contributed by atoms with van der Waals surface area (Å²) >= 11 is 6.47. The van der Waals surface area contributed by atoms with Crippen LogP contribution in [0.15, 0.2) is 44.2 Å². The van der Waals surface area contributed by atoms with Crippen molar-refractivity contribution in [3.63, 3.8) is 0 Å². The molecule has 3 aromatic rings. The van der Waals surface area contributed by atoms with Crippen LogP contribution < -0.4 is 5.76 Å². The monoisotopic (exact) mass is 277 g/mol. The Bertz CT molecular complexity index is 768. The molecule has 0 spiro atoms. The van der Waals surface area contributed by atoms with Crippen LogP contribution in [0.25, 0.3) is 11.1 Å². The molecule has 2 aromatic heterocycles. The van der Waals surface area contributed by atoms with E-state index < -0.39 is 5.76 Å². The highest BCUT2D eigenvalue weighted by molar-refractivity contribution is 6.22. The van der Waals surface area contributed by atoms with Crippen molar-refractivity contribution in [3.05, 3.63) is 58.0 Å². The minimum Gasteiger partial charge on any atom is -0.469 e. The molecule has 1 atom stereocenters. The minimum atomic E-state index is -0.462. The van der Waals surface area contributed by atoms with Crippen LogP contribution in [0, 0.1) is 0 Å². The van der Waals surface area contributed by atoms with Gasteiger partial charge in [0.05, 0.1) is 17.2 Å². The maximum Gasteiger partial charge on any atom is 0.417 e. The number of halogens is 1. The first-order valence-electron chi connectivity index (χ1n) is 6.02. The molecule has 1 aromatic carbocycles. The number of fused-ring (bicyclic) bond motifs is 1. The Morgan fingerprint density at radius 1 is 1.37 bits per heavy atom. The van der Waals surface area contributed by atoms with Crippen LogP contribution in [0.5, 0.6) is 0 Å². The van der Waals surface area contributed by atoms with Gasteiger partial charge in [-0.1, -0.05) is 13.0 Å². The highest BCUT2D eigenvalue weighted by atomic mass is 35.5. The van der Waals surface area contributed by atoms with E-state index in [0.29, 0.717) is 11.1 Å². The molecule has 0 radical (unpaired) electrons. The molecule has 0 bridgehead atoms. The molecule has 19 heavy (non-hydrogen) atoms. The largest absolute Gasteiger partial charge is 0.469 e. The van der Waals surface area contributed by atoms with Gasteiger partial charge in [-0.25, -0.2) is 4.79 Å². The van der Waals surface area contributed by atoms with Crippen LogP contribution in [0.2, 0.25) is 0 Å². The van der Waals surface area contributed by atoms with Gasteiger partial charge in [0.2, 0.25) is 0 Å². The molecule has 0 saturated heterocycles. The van der Waals surface area contributed by atoms with E-state index >= 15 is 0 Å². The van der Waals surface area contributed by atoms with Crippen LogP contribution >= 0.6 is 11.6 Å². The second kappa shape index (κ2) is 4.63. The maximum atomic E-state index is 11.1. The van der Waals surface area contributed by atoms with Gasteiger partial charge in [0.1, 0.15) is 5.76 Å². The molecule has 5 heteroatoms. The van der Waals surface area contributed by atoms with Gasteiger partial charge in [0.25, 0.3) is 0 Å². The molecule has 3 rings (SSSR count). The normalized spacial score (nSPS) is 12.9. The molecule has 1 N–H and O–H groups in total. The van der Waals surface area contributed by atoms with Gasteiger partial charge in [0, 0.05) is 12.0 Å². The fraction of sp³-hybridized carbons (Fsp3) is 0.214. The van der Waals surface area contributed by atoms with Crippen LogP contribution in [0.1, 0.15) is 29.2 Å². The van der Waals surface area contributed by atoms with Gasteiger partial charge in [-0.05, 0) is 23.8 Å². The van der Waals surface area contributed by atoms with E-state index in [1.807, 2.05) is 19.1 Å². The lowest BCUT2D eigenvalue weighted by Gasteiger charge is -2.09. The topological polar surface area (TPSA) is 59.1 Å². The maximum absolute atomic E-state index is 11.1. The van der Waals surface area contributed by atoms with Crippen molar-refractivity contribution in [2.24, 2.45) is 0 Å². The number of aromatic amines is 1. The minimum absolute atomic E-state index is 0.321. The fourth-order valence-corrected chi connectivity index (χ4v) is 2.49. The Morgan fingerprint density at radius 2 is 2.21 bits per heavy atom. The van der Waals surface area contributed by atoms with Crippen LogP contribution in [0.4, 0.5) is 0 Å². The number of hydrogen-bond acceptors (Lipinski definition) is 3. The highest BCUT2D eigenvalue weighted by Crippen LogP contribution is 2.33. The van der Waals surface area contributed by atoms with Gasteiger partial charge in [-0.3, -0.25) is 4.98 Å². The number of rotatable bonds is 3. The second-order valence-corrected chi connectivity index (χ2v) is 4.72. The number of aromatic nitrogens is 1. The van der Waals surface area contributed by atoms with Crippen LogP contribution in [-0.2, 0) is 6.42 Å². The first-order valence-corrected chi connectivity index (χ1v) is 6.45. The summed E-state index contributed by atoms with van der Waals surface area (Å²) in [6, 6.07) is 7.31. The SMILES string of the molecule is CCc1occc1C(Cl)c1ccc2[nH]c(=O)oc2c1. The van der Waals surface area contributed by atoms with Crippen LogP contribution in [0.3, 0.4) is 0 Å². The van der Waals surface area contributed by atoms with E-state index in [-0.39, 0.29) is 5.38 Å². The molecule has 1 unspecified atom stereocenters.